The van der Waals surface area contributed by atoms with Crippen molar-refractivity contribution in [3.63, 3.8) is 0 Å². The van der Waals surface area contributed by atoms with E-state index in [1.807, 2.05) is 42.5 Å². The fourth-order valence-electron chi connectivity index (χ4n) is 2.99. The Morgan fingerprint density at radius 2 is 1.70 bits per heavy atom. The lowest BCUT2D eigenvalue weighted by molar-refractivity contribution is -0.123. The number of amides is 2. The molecule has 0 N–H and O–H groups in total. The Morgan fingerprint density at radius 1 is 0.926 bits per heavy atom. The number of imide groups is 1. The summed E-state index contributed by atoms with van der Waals surface area (Å²) in [5, 5.41) is 2.68. The minimum Gasteiger partial charge on any atom is -0.268 e. The summed E-state index contributed by atoms with van der Waals surface area (Å²) in [5.41, 5.74) is 1.66. The zero-order valence-corrected chi connectivity index (χ0v) is 16.3. The van der Waals surface area contributed by atoms with Gasteiger partial charge < -0.3 is 0 Å². The minimum absolute atomic E-state index is 0.241. The standard InChI is InChI=1S/C21H13Cl2NO2S/c22-17-9-8-13(10-18(17)23)11-19-20(25)24(21(26)27-19)12-15-6-3-5-14-4-1-2-7-16(14)15/h1-11H,12H2/b19-11-. The highest BCUT2D eigenvalue weighted by Gasteiger charge is 2.35. The van der Waals surface area contributed by atoms with Crippen LogP contribution in [0.5, 0.6) is 0 Å². The van der Waals surface area contributed by atoms with Gasteiger partial charge in [0.1, 0.15) is 0 Å². The minimum atomic E-state index is -0.302. The van der Waals surface area contributed by atoms with Crippen LogP contribution < -0.4 is 0 Å². The number of rotatable bonds is 3. The molecule has 0 radical (unpaired) electrons. The first-order valence-electron chi connectivity index (χ1n) is 8.20. The largest absolute Gasteiger partial charge is 0.293 e. The van der Waals surface area contributed by atoms with Crippen LogP contribution in [0.3, 0.4) is 0 Å². The Bertz CT molecular complexity index is 1110. The molecular formula is C21H13Cl2NO2S. The number of hydrogen-bond donors (Lipinski definition) is 0. The molecule has 0 saturated carbocycles. The van der Waals surface area contributed by atoms with E-state index in [2.05, 4.69) is 0 Å². The van der Waals surface area contributed by atoms with Crippen molar-refractivity contribution in [1.82, 2.24) is 4.90 Å². The van der Waals surface area contributed by atoms with Gasteiger partial charge in [-0.3, -0.25) is 14.5 Å². The molecule has 27 heavy (non-hydrogen) atoms. The van der Waals surface area contributed by atoms with Crippen LogP contribution >= 0.6 is 35.0 Å². The van der Waals surface area contributed by atoms with Crippen LogP contribution in [0.15, 0.2) is 65.6 Å². The van der Waals surface area contributed by atoms with Crippen LogP contribution in [-0.4, -0.2) is 16.0 Å². The van der Waals surface area contributed by atoms with Crippen LogP contribution in [0.1, 0.15) is 11.1 Å². The average Bonchev–Trinajstić information content (AvgIpc) is 2.92. The molecule has 6 heteroatoms. The molecule has 2 amide bonds. The maximum atomic E-state index is 12.8. The number of carbonyl (C=O) groups is 2. The van der Waals surface area contributed by atoms with Gasteiger partial charge in [0, 0.05) is 0 Å². The van der Waals surface area contributed by atoms with Crippen LogP contribution in [-0.2, 0) is 11.3 Å². The first kappa shape index (κ1) is 18.1. The summed E-state index contributed by atoms with van der Waals surface area (Å²) in [6.07, 6.45) is 1.66. The lowest BCUT2D eigenvalue weighted by Gasteiger charge is -2.14. The van der Waals surface area contributed by atoms with Crippen molar-refractivity contribution in [3.8, 4) is 0 Å². The molecule has 1 aliphatic rings. The number of thioether (sulfide) groups is 1. The van der Waals surface area contributed by atoms with E-state index in [-0.39, 0.29) is 17.7 Å². The summed E-state index contributed by atoms with van der Waals surface area (Å²) in [7, 11) is 0. The summed E-state index contributed by atoms with van der Waals surface area (Å²) in [6.45, 7) is 0.241. The van der Waals surface area contributed by atoms with Crippen LogP contribution in [0.25, 0.3) is 16.8 Å². The third-order valence-electron chi connectivity index (χ3n) is 4.32. The van der Waals surface area contributed by atoms with E-state index >= 15 is 0 Å². The summed E-state index contributed by atoms with van der Waals surface area (Å²) in [6, 6.07) is 18.9. The van der Waals surface area contributed by atoms with Crippen molar-refractivity contribution in [2.24, 2.45) is 0 Å². The zero-order chi connectivity index (χ0) is 19.0. The third-order valence-corrected chi connectivity index (χ3v) is 5.97. The second-order valence-corrected chi connectivity index (χ2v) is 7.89. The molecule has 3 nitrogen and oxygen atoms in total. The first-order chi connectivity index (χ1) is 13.0. The SMILES string of the molecule is O=C1S/C(=C\c2ccc(Cl)c(Cl)c2)C(=O)N1Cc1cccc2ccccc12. The van der Waals surface area contributed by atoms with Crippen molar-refractivity contribution in [3.05, 3.63) is 86.7 Å². The Kier molecular flexibility index (Phi) is 4.96. The van der Waals surface area contributed by atoms with Gasteiger partial charge in [0.25, 0.3) is 11.1 Å². The lowest BCUT2D eigenvalue weighted by atomic mass is 10.0. The predicted molar refractivity (Wildman–Crippen MR) is 112 cm³/mol. The molecule has 0 unspecified atom stereocenters. The zero-order valence-electron chi connectivity index (χ0n) is 14.0. The van der Waals surface area contributed by atoms with Crippen LogP contribution in [0.4, 0.5) is 4.79 Å². The molecule has 1 aliphatic heterocycles. The Morgan fingerprint density at radius 3 is 2.52 bits per heavy atom. The summed E-state index contributed by atoms with van der Waals surface area (Å²) in [4.78, 5) is 26.8. The highest BCUT2D eigenvalue weighted by Crippen LogP contribution is 2.35. The van der Waals surface area contributed by atoms with Crippen molar-refractivity contribution in [2.75, 3.05) is 0 Å². The highest BCUT2D eigenvalue weighted by molar-refractivity contribution is 8.18. The van der Waals surface area contributed by atoms with E-state index in [0.717, 1.165) is 33.7 Å². The second-order valence-electron chi connectivity index (χ2n) is 6.08. The predicted octanol–water partition coefficient (Wildman–Crippen LogP) is 6.38. The number of halogens is 2. The molecule has 1 saturated heterocycles. The fraction of sp³-hybridized carbons (Fsp3) is 0.0476. The average molecular weight is 414 g/mol. The molecule has 0 atom stereocenters. The van der Waals surface area contributed by atoms with E-state index in [0.29, 0.717) is 15.0 Å². The van der Waals surface area contributed by atoms with Gasteiger partial charge in [0.2, 0.25) is 0 Å². The number of nitrogens with zero attached hydrogens (tertiary/aromatic N) is 1. The fourth-order valence-corrected chi connectivity index (χ4v) is 4.14. The van der Waals surface area contributed by atoms with Crippen molar-refractivity contribution in [2.45, 2.75) is 6.54 Å². The third kappa shape index (κ3) is 3.61. The number of hydrogen-bond acceptors (Lipinski definition) is 3. The molecule has 134 valence electrons. The summed E-state index contributed by atoms with van der Waals surface area (Å²) < 4.78 is 0. The monoisotopic (exact) mass is 413 g/mol. The molecule has 0 aliphatic carbocycles. The Balaban J connectivity index is 1.63. The molecular weight excluding hydrogens is 401 g/mol. The number of fused-ring (bicyclic) bond motifs is 1. The van der Waals surface area contributed by atoms with Gasteiger partial charge in [-0.1, -0.05) is 71.7 Å². The van der Waals surface area contributed by atoms with Gasteiger partial charge in [-0.05, 0) is 51.9 Å². The molecule has 3 aromatic carbocycles. The smallest absolute Gasteiger partial charge is 0.268 e. The molecule has 1 fully saturated rings. The quantitative estimate of drug-likeness (QED) is 0.467. The number of carbonyl (C=O) groups excluding carboxylic acids is 2. The molecule has 4 rings (SSSR count). The van der Waals surface area contributed by atoms with E-state index < -0.39 is 0 Å². The van der Waals surface area contributed by atoms with Gasteiger partial charge in [-0.15, -0.1) is 0 Å². The highest BCUT2D eigenvalue weighted by atomic mass is 35.5. The Hall–Kier alpha value is -2.27. The molecule has 1 heterocycles. The molecule has 0 spiro atoms. The number of benzene rings is 3. The first-order valence-corrected chi connectivity index (χ1v) is 9.77. The Labute approximate surface area is 170 Å². The van der Waals surface area contributed by atoms with Gasteiger partial charge in [0.05, 0.1) is 21.5 Å². The summed E-state index contributed by atoms with van der Waals surface area (Å²) in [5.74, 6) is -0.302. The van der Waals surface area contributed by atoms with Crippen LogP contribution in [0, 0.1) is 0 Å². The topological polar surface area (TPSA) is 37.4 Å². The van der Waals surface area contributed by atoms with Crippen LogP contribution in [0.2, 0.25) is 10.0 Å². The van der Waals surface area contributed by atoms with E-state index in [1.165, 1.54) is 4.90 Å². The van der Waals surface area contributed by atoms with Gasteiger partial charge in [-0.2, -0.15) is 0 Å². The van der Waals surface area contributed by atoms with Gasteiger partial charge in [0.15, 0.2) is 0 Å². The molecule has 0 bridgehead atoms. The van der Waals surface area contributed by atoms with Crippen molar-refractivity contribution >= 4 is 63.0 Å². The van der Waals surface area contributed by atoms with Gasteiger partial charge >= 0.3 is 0 Å². The molecule has 3 aromatic rings. The normalized spacial score (nSPS) is 15.9. The summed E-state index contributed by atoms with van der Waals surface area (Å²) >= 11 is 12.9. The van der Waals surface area contributed by atoms with Crippen molar-refractivity contribution in [1.29, 1.82) is 0 Å². The second kappa shape index (κ2) is 7.39. The van der Waals surface area contributed by atoms with E-state index in [9.17, 15) is 9.59 Å². The van der Waals surface area contributed by atoms with E-state index in [1.54, 1.807) is 24.3 Å². The lowest BCUT2D eigenvalue weighted by Crippen LogP contribution is -2.27. The van der Waals surface area contributed by atoms with Gasteiger partial charge in [-0.25, -0.2) is 0 Å². The van der Waals surface area contributed by atoms with Crippen molar-refractivity contribution < 1.29 is 9.59 Å². The van der Waals surface area contributed by atoms with E-state index in [4.69, 9.17) is 23.2 Å². The maximum absolute atomic E-state index is 12.8. The maximum Gasteiger partial charge on any atom is 0.293 e. The molecule has 0 aromatic heterocycles.